The van der Waals surface area contributed by atoms with E-state index in [1.54, 1.807) is 12.1 Å². The van der Waals surface area contributed by atoms with Gasteiger partial charge in [-0.25, -0.2) is 5.01 Å². The third-order valence-corrected chi connectivity index (χ3v) is 4.52. The number of amides is 4. The Labute approximate surface area is 134 Å². The Hall–Kier alpha value is -2.26. The fourth-order valence-corrected chi connectivity index (χ4v) is 3.13. The highest BCUT2D eigenvalue weighted by Crippen LogP contribution is 2.22. The third kappa shape index (κ3) is 2.38. The molecule has 1 saturated heterocycles. The highest BCUT2D eigenvalue weighted by molar-refractivity contribution is 8.23. The molecule has 1 N–H and O–H groups in total. The van der Waals surface area contributed by atoms with Gasteiger partial charge < -0.3 is 0 Å². The predicted octanol–water partition coefficient (Wildman–Crippen LogP) is 0.174. The lowest BCUT2D eigenvalue weighted by Gasteiger charge is -2.18. The van der Waals surface area contributed by atoms with Gasteiger partial charge in [-0.1, -0.05) is 36.1 Å². The Balaban J connectivity index is 1.71. The molecule has 2 aliphatic rings. The Morgan fingerprint density at radius 2 is 1.77 bits per heavy atom. The number of thiocarbonyl (C=S) groups is 1. The molecule has 0 unspecified atom stereocenters. The molecule has 0 aliphatic carbocycles. The number of imide groups is 1. The molecule has 0 bridgehead atoms. The van der Waals surface area contributed by atoms with Crippen LogP contribution < -0.4 is 5.43 Å². The fourth-order valence-electron chi connectivity index (χ4n) is 2.15. The second kappa shape index (κ2) is 5.50. The van der Waals surface area contributed by atoms with Gasteiger partial charge in [0, 0.05) is 0 Å². The van der Waals surface area contributed by atoms with Crippen molar-refractivity contribution in [3.05, 3.63) is 35.4 Å². The molecule has 22 heavy (non-hydrogen) atoms. The van der Waals surface area contributed by atoms with Crippen LogP contribution in [0.5, 0.6) is 0 Å². The second-order valence-electron chi connectivity index (χ2n) is 4.56. The van der Waals surface area contributed by atoms with E-state index in [0.717, 1.165) is 21.7 Å². The maximum Gasteiger partial charge on any atom is 0.262 e. The van der Waals surface area contributed by atoms with Gasteiger partial charge in [-0.3, -0.25) is 29.5 Å². The molecule has 0 saturated carbocycles. The number of nitrogens with zero attached hydrogens (tertiary/aromatic N) is 2. The molecule has 1 aromatic rings. The summed E-state index contributed by atoms with van der Waals surface area (Å²) >= 11 is 6.06. The number of thioether (sulfide) groups is 1. The number of hydrogen-bond donors (Lipinski definition) is 1. The van der Waals surface area contributed by atoms with Gasteiger partial charge >= 0.3 is 0 Å². The number of benzene rings is 1. The SMILES string of the molecule is O=C(CN1C(=O)c2ccccc2C1=O)NN1C(=O)CSC1=S. The molecule has 2 heterocycles. The van der Waals surface area contributed by atoms with Crippen LogP contribution in [0.3, 0.4) is 0 Å². The Bertz CT molecular complexity index is 683. The molecule has 2 aliphatic heterocycles. The third-order valence-electron chi connectivity index (χ3n) is 3.17. The van der Waals surface area contributed by atoms with Crippen molar-refractivity contribution in [3.8, 4) is 0 Å². The average Bonchev–Trinajstić information content (AvgIpc) is 2.94. The Kier molecular flexibility index (Phi) is 3.67. The maximum atomic E-state index is 12.1. The topological polar surface area (TPSA) is 86.8 Å². The van der Waals surface area contributed by atoms with Gasteiger partial charge in [-0.15, -0.1) is 0 Å². The minimum absolute atomic E-state index is 0.159. The lowest BCUT2D eigenvalue weighted by Crippen LogP contribution is -2.49. The normalized spacial score (nSPS) is 17.3. The van der Waals surface area contributed by atoms with Crippen molar-refractivity contribution < 1.29 is 19.2 Å². The van der Waals surface area contributed by atoms with Gasteiger partial charge in [-0.2, -0.15) is 0 Å². The minimum Gasteiger partial charge on any atom is -0.272 e. The summed E-state index contributed by atoms with van der Waals surface area (Å²) in [5, 5.41) is 0.959. The van der Waals surface area contributed by atoms with Crippen LogP contribution in [-0.2, 0) is 9.59 Å². The smallest absolute Gasteiger partial charge is 0.262 e. The zero-order valence-corrected chi connectivity index (χ0v) is 12.7. The van der Waals surface area contributed by atoms with E-state index in [2.05, 4.69) is 5.43 Å². The average molecular weight is 335 g/mol. The first-order valence-electron chi connectivity index (χ1n) is 6.23. The number of fused-ring (bicyclic) bond motifs is 1. The molecule has 7 nitrogen and oxygen atoms in total. The van der Waals surface area contributed by atoms with E-state index in [4.69, 9.17) is 12.2 Å². The molecule has 0 aromatic heterocycles. The van der Waals surface area contributed by atoms with E-state index < -0.39 is 24.3 Å². The van der Waals surface area contributed by atoms with Gasteiger partial charge in [0.05, 0.1) is 16.9 Å². The lowest BCUT2D eigenvalue weighted by molar-refractivity contribution is -0.134. The first-order chi connectivity index (χ1) is 10.5. The first-order valence-corrected chi connectivity index (χ1v) is 7.63. The summed E-state index contributed by atoms with van der Waals surface area (Å²) in [6.07, 6.45) is 0. The molecular formula is C13H9N3O4S2. The van der Waals surface area contributed by atoms with Crippen LogP contribution in [-0.4, -0.2) is 50.2 Å². The largest absolute Gasteiger partial charge is 0.272 e. The van der Waals surface area contributed by atoms with E-state index in [1.165, 1.54) is 12.1 Å². The summed E-state index contributed by atoms with van der Waals surface area (Å²) in [7, 11) is 0. The van der Waals surface area contributed by atoms with Crippen molar-refractivity contribution in [1.29, 1.82) is 0 Å². The zero-order valence-electron chi connectivity index (χ0n) is 11.1. The molecule has 9 heteroatoms. The highest BCUT2D eigenvalue weighted by Gasteiger charge is 2.37. The van der Waals surface area contributed by atoms with E-state index in [9.17, 15) is 19.2 Å². The van der Waals surface area contributed by atoms with Crippen molar-refractivity contribution in [2.45, 2.75) is 0 Å². The standard InChI is InChI=1S/C13H9N3O4S2/c17-9(14-16-10(18)6-22-13(16)21)5-15-11(19)7-3-1-2-4-8(7)12(15)20/h1-4H,5-6H2,(H,14,17). The molecule has 112 valence electrons. The monoisotopic (exact) mass is 335 g/mol. The van der Waals surface area contributed by atoms with Crippen molar-refractivity contribution >= 4 is 51.9 Å². The van der Waals surface area contributed by atoms with Crippen molar-refractivity contribution in [2.75, 3.05) is 12.3 Å². The van der Waals surface area contributed by atoms with Gasteiger partial charge in [0.25, 0.3) is 23.6 Å². The summed E-state index contributed by atoms with van der Waals surface area (Å²) in [6.45, 7) is -0.469. The number of nitrogens with one attached hydrogen (secondary N) is 1. The van der Waals surface area contributed by atoms with Crippen LogP contribution in [0.4, 0.5) is 0 Å². The molecule has 0 spiro atoms. The van der Waals surface area contributed by atoms with Gasteiger partial charge in [0.1, 0.15) is 6.54 Å². The molecule has 4 amide bonds. The van der Waals surface area contributed by atoms with E-state index in [0.29, 0.717) is 0 Å². The van der Waals surface area contributed by atoms with E-state index in [1.807, 2.05) is 0 Å². The summed E-state index contributed by atoms with van der Waals surface area (Å²) in [5.41, 5.74) is 2.84. The zero-order chi connectivity index (χ0) is 15.9. The molecule has 1 fully saturated rings. The van der Waals surface area contributed by atoms with E-state index in [-0.39, 0.29) is 27.1 Å². The van der Waals surface area contributed by atoms with Gasteiger partial charge in [0.15, 0.2) is 4.32 Å². The van der Waals surface area contributed by atoms with Crippen LogP contribution in [0.2, 0.25) is 0 Å². The predicted molar refractivity (Wildman–Crippen MR) is 81.9 cm³/mol. The van der Waals surface area contributed by atoms with E-state index >= 15 is 0 Å². The summed E-state index contributed by atoms with van der Waals surface area (Å²) in [4.78, 5) is 48.6. The fraction of sp³-hybridized carbons (Fsp3) is 0.154. The number of hydrogen-bond acceptors (Lipinski definition) is 6. The molecular weight excluding hydrogens is 326 g/mol. The molecule has 1 aromatic carbocycles. The minimum atomic E-state index is -0.660. The molecule has 0 radical (unpaired) electrons. The van der Waals surface area contributed by atoms with Gasteiger partial charge in [-0.05, 0) is 12.1 Å². The van der Waals surface area contributed by atoms with Crippen LogP contribution in [0.1, 0.15) is 20.7 Å². The lowest BCUT2D eigenvalue weighted by atomic mass is 10.1. The maximum absolute atomic E-state index is 12.1. The number of carbonyl (C=O) groups excluding carboxylic acids is 4. The second-order valence-corrected chi connectivity index (χ2v) is 6.17. The highest BCUT2D eigenvalue weighted by atomic mass is 32.2. The summed E-state index contributed by atoms with van der Waals surface area (Å²) < 4.78 is 0.237. The van der Waals surface area contributed by atoms with Crippen molar-refractivity contribution in [2.24, 2.45) is 0 Å². The van der Waals surface area contributed by atoms with Crippen LogP contribution in [0, 0.1) is 0 Å². The Morgan fingerprint density at radius 3 is 2.27 bits per heavy atom. The summed E-state index contributed by atoms with van der Waals surface area (Å²) in [6, 6.07) is 6.35. The van der Waals surface area contributed by atoms with Crippen molar-refractivity contribution in [1.82, 2.24) is 15.3 Å². The van der Waals surface area contributed by atoms with Crippen LogP contribution in [0.25, 0.3) is 0 Å². The van der Waals surface area contributed by atoms with Crippen LogP contribution in [0.15, 0.2) is 24.3 Å². The number of carbonyl (C=O) groups is 4. The quantitative estimate of drug-likeness (QED) is 0.626. The van der Waals surface area contributed by atoms with Gasteiger partial charge in [0.2, 0.25) is 0 Å². The molecule has 0 atom stereocenters. The number of hydrazine groups is 1. The summed E-state index contributed by atoms with van der Waals surface area (Å²) in [5.74, 6) is -1.90. The van der Waals surface area contributed by atoms with Crippen LogP contribution >= 0.6 is 24.0 Å². The first kappa shape index (κ1) is 14.7. The molecule has 3 rings (SSSR count). The van der Waals surface area contributed by atoms with Crippen molar-refractivity contribution in [3.63, 3.8) is 0 Å². The number of rotatable bonds is 3. The Morgan fingerprint density at radius 1 is 1.18 bits per heavy atom.